The first-order valence-corrected chi connectivity index (χ1v) is 9.97. The third-order valence-corrected chi connectivity index (χ3v) is 6.11. The second-order valence-corrected chi connectivity index (χ2v) is 7.97. The monoisotopic (exact) mass is 398 g/mol. The summed E-state index contributed by atoms with van der Waals surface area (Å²) in [5, 5.41) is 5.58. The largest absolute Gasteiger partial charge is 0.338 e. The van der Waals surface area contributed by atoms with Crippen LogP contribution >= 0.6 is 23.4 Å². The fourth-order valence-electron chi connectivity index (χ4n) is 3.05. The lowest BCUT2D eigenvalue weighted by molar-refractivity contribution is 0.391. The van der Waals surface area contributed by atoms with Gasteiger partial charge < -0.3 is 9.51 Å². The standard InChI is InChI=1S/C20H19ClN4OS/c1-10-11(2)13(4)18-17(12(10)3)23-20(24-18)27-9-16-22-19(25-26-16)14-5-7-15(21)8-6-14/h5-8H,9H2,1-4H3,(H,23,24). The molecule has 0 radical (unpaired) electrons. The lowest BCUT2D eigenvalue weighted by Gasteiger charge is -2.09. The molecule has 2 aromatic carbocycles. The normalized spacial score (nSPS) is 11.4. The van der Waals surface area contributed by atoms with Crippen LogP contribution in [0.4, 0.5) is 0 Å². The summed E-state index contributed by atoms with van der Waals surface area (Å²) in [6.45, 7) is 8.56. The van der Waals surface area contributed by atoms with Crippen molar-refractivity contribution in [2.24, 2.45) is 0 Å². The van der Waals surface area contributed by atoms with Crippen LogP contribution in [0.2, 0.25) is 5.02 Å². The van der Waals surface area contributed by atoms with Gasteiger partial charge in [-0.3, -0.25) is 0 Å². The van der Waals surface area contributed by atoms with Gasteiger partial charge in [0.2, 0.25) is 11.7 Å². The van der Waals surface area contributed by atoms with Gasteiger partial charge in [-0.25, -0.2) is 4.98 Å². The van der Waals surface area contributed by atoms with Crippen molar-refractivity contribution in [1.82, 2.24) is 20.1 Å². The number of imidazole rings is 1. The van der Waals surface area contributed by atoms with Crippen molar-refractivity contribution in [3.63, 3.8) is 0 Å². The van der Waals surface area contributed by atoms with Crippen LogP contribution in [0.5, 0.6) is 0 Å². The lowest BCUT2D eigenvalue weighted by Crippen LogP contribution is -1.92. The number of nitrogens with zero attached hydrogens (tertiary/aromatic N) is 3. The molecule has 2 heterocycles. The van der Waals surface area contributed by atoms with Gasteiger partial charge in [0.1, 0.15) is 0 Å². The van der Waals surface area contributed by atoms with Crippen molar-refractivity contribution in [2.75, 3.05) is 0 Å². The van der Waals surface area contributed by atoms with Crippen molar-refractivity contribution in [2.45, 2.75) is 38.6 Å². The molecule has 7 heteroatoms. The van der Waals surface area contributed by atoms with Crippen LogP contribution in [-0.2, 0) is 5.75 Å². The number of rotatable bonds is 4. The Morgan fingerprint density at radius 3 is 2.41 bits per heavy atom. The first kappa shape index (κ1) is 18.1. The summed E-state index contributed by atoms with van der Waals surface area (Å²) in [7, 11) is 0. The second-order valence-electron chi connectivity index (χ2n) is 6.57. The fraction of sp³-hybridized carbons (Fsp3) is 0.250. The van der Waals surface area contributed by atoms with Crippen molar-refractivity contribution in [1.29, 1.82) is 0 Å². The highest BCUT2D eigenvalue weighted by Crippen LogP contribution is 2.30. The van der Waals surface area contributed by atoms with Crippen molar-refractivity contribution in [3.05, 3.63) is 57.4 Å². The number of aromatic amines is 1. The summed E-state index contributed by atoms with van der Waals surface area (Å²) in [6, 6.07) is 7.37. The zero-order valence-electron chi connectivity index (χ0n) is 15.6. The molecular formula is C20H19ClN4OS. The van der Waals surface area contributed by atoms with E-state index in [1.54, 1.807) is 11.8 Å². The number of benzene rings is 2. The van der Waals surface area contributed by atoms with Gasteiger partial charge in [-0.05, 0) is 74.2 Å². The molecule has 0 fully saturated rings. The molecule has 0 bridgehead atoms. The highest BCUT2D eigenvalue weighted by molar-refractivity contribution is 7.98. The maximum Gasteiger partial charge on any atom is 0.237 e. The van der Waals surface area contributed by atoms with Crippen LogP contribution < -0.4 is 0 Å². The summed E-state index contributed by atoms with van der Waals surface area (Å²) in [5.74, 6) is 1.67. The maximum atomic E-state index is 5.92. The van der Waals surface area contributed by atoms with E-state index in [4.69, 9.17) is 21.1 Å². The van der Waals surface area contributed by atoms with E-state index in [1.807, 2.05) is 24.3 Å². The Morgan fingerprint density at radius 2 is 1.67 bits per heavy atom. The van der Waals surface area contributed by atoms with E-state index in [9.17, 15) is 0 Å². The second kappa shape index (κ2) is 7.02. The van der Waals surface area contributed by atoms with Gasteiger partial charge in [-0.2, -0.15) is 4.98 Å². The molecule has 138 valence electrons. The SMILES string of the molecule is Cc1c(C)c(C)c2[nH]c(SCc3nc(-c4ccc(Cl)cc4)no3)nc2c1C. The zero-order chi connectivity index (χ0) is 19.1. The Labute approximate surface area is 166 Å². The average Bonchev–Trinajstić information content (AvgIpc) is 3.31. The summed E-state index contributed by atoms with van der Waals surface area (Å²) in [4.78, 5) is 12.7. The van der Waals surface area contributed by atoms with E-state index in [2.05, 4.69) is 42.8 Å². The van der Waals surface area contributed by atoms with E-state index in [0.717, 1.165) is 21.8 Å². The smallest absolute Gasteiger partial charge is 0.237 e. The molecule has 4 rings (SSSR count). The molecule has 2 aromatic heterocycles. The average molecular weight is 399 g/mol. The number of thioether (sulfide) groups is 1. The third kappa shape index (κ3) is 3.35. The minimum absolute atomic E-state index is 0.552. The molecule has 0 aliphatic rings. The van der Waals surface area contributed by atoms with Gasteiger partial charge in [0.05, 0.1) is 16.8 Å². The molecule has 27 heavy (non-hydrogen) atoms. The molecule has 0 atom stereocenters. The first-order chi connectivity index (χ1) is 12.9. The molecule has 0 saturated heterocycles. The fourth-order valence-corrected chi connectivity index (χ4v) is 3.88. The zero-order valence-corrected chi connectivity index (χ0v) is 17.1. The predicted molar refractivity (Wildman–Crippen MR) is 109 cm³/mol. The molecule has 0 spiro atoms. The minimum atomic E-state index is 0.552. The summed E-state index contributed by atoms with van der Waals surface area (Å²) < 4.78 is 5.37. The Morgan fingerprint density at radius 1 is 0.963 bits per heavy atom. The van der Waals surface area contributed by atoms with Crippen molar-refractivity contribution < 1.29 is 4.52 Å². The number of halogens is 1. The van der Waals surface area contributed by atoms with Gasteiger partial charge >= 0.3 is 0 Å². The van der Waals surface area contributed by atoms with Crippen molar-refractivity contribution >= 4 is 34.4 Å². The molecule has 5 nitrogen and oxygen atoms in total. The number of H-pyrrole nitrogens is 1. The van der Waals surface area contributed by atoms with Crippen LogP contribution in [0.15, 0.2) is 33.9 Å². The Balaban J connectivity index is 1.55. The molecule has 4 aromatic rings. The Hall–Kier alpha value is -2.31. The van der Waals surface area contributed by atoms with E-state index in [1.165, 1.54) is 22.3 Å². The lowest BCUT2D eigenvalue weighted by atomic mass is 9.98. The van der Waals surface area contributed by atoms with Crippen LogP contribution in [0, 0.1) is 27.7 Å². The number of aromatic nitrogens is 4. The van der Waals surface area contributed by atoms with Gasteiger partial charge in [-0.1, -0.05) is 28.5 Å². The molecule has 0 aliphatic heterocycles. The first-order valence-electron chi connectivity index (χ1n) is 8.61. The summed E-state index contributed by atoms with van der Waals surface area (Å²) in [6.07, 6.45) is 0. The summed E-state index contributed by atoms with van der Waals surface area (Å²) >= 11 is 7.47. The highest BCUT2D eigenvalue weighted by Gasteiger charge is 2.15. The molecule has 0 amide bonds. The molecule has 0 saturated carbocycles. The van der Waals surface area contributed by atoms with Crippen LogP contribution in [0.25, 0.3) is 22.4 Å². The number of hydrogen-bond donors (Lipinski definition) is 1. The van der Waals surface area contributed by atoms with Crippen LogP contribution in [0.3, 0.4) is 0 Å². The Kier molecular flexibility index (Phi) is 4.70. The van der Waals surface area contributed by atoms with Gasteiger partial charge in [-0.15, -0.1) is 0 Å². The van der Waals surface area contributed by atoms with E-state index >= 15 is 0 Å². The topological polar surface area (TPSA) is 67.6 Å². The molecule has 0 unspecified atom stereocenters. The summed E-state index contributed by atoms with van der Waals surface area (Å²) in [5.41, 5.74) is 8.09. The van der Waals surface area contributed by atoms with Crippen LogP contribution in [0.1, 0.15) is 28.1 Å². The molecular weight excluding hydrogens is 380 g/mol. The third-order valence-electron chi connectivity index (χ3n) is 5.00. The van der Waals surface area contributed by atoms with Crippen molar-refractivity contribution in [3.8, 4) is 11.4 Å². The van der Waals surface area contributed by atoms with E-state index in [0.29, 0.717) is 22.5 Å². The van der Waals surface area contributed by atoms with Gasteiger partial charge in [0, 0.05) is 10.6 Å². The van der Waals surface area contributed by atoms with Crippen LogP contribution in [-0.4, -0.2) is 20.1 Å². The number of fused-ring (bicyclic) bond motifs is 1. The van der Waals surface area contributed by atoms with E-state index in [-0.39, 0.29) is 0 Å². The van der Waals surface area contributed by atoms with Gasteiger partial charge in [0.25, 0.3) is 0 Å². The highest BCUT2D eigenvalue weighted by atomic mass is 35.5. The Bertz CT molecular complexity index is 1090. The minimum Gasteiger partial charge on any atom is -0.338 e. The molecule has 0 aliphatic carbocycles. The number of nitrogens with one attached hydrogen (secondary N) is 1. The number of aryl methyl sites for hydroxylation is 2. The number of hydrogen-bond acceptors (Lipinski definition) is 5. The quantitative estimate of drug-likeness (QED) is 0.440. The predicted octanol–water partition coefficient (Wildman–Crippen LogP) is 5.79. The molecule has 1 N–H and O–H groups in total. The van der Waals surface area contributed by atoms with Gasteiger partial charge in [0.15, 0.2) is 5.16 Å². The maximum absolute atomic E-state index is 5.92. The van der Waals surface area contributed by atoms with E-state index < -0.39 is 0 Å².